The van der Waals surface area contributed by atoms with Crippen LogP contribution in [0.25, 0.3) is 0 Å². The minimum Gasteiger partial charge on any atom is -0.320 e. The van der Waals surface area contributed by atoms with Gasteiger partial charge in [-0.1, -0.05) is 23.2 Å². The van der Waals surface area contributed by atoms with Crippen LogP contribution in [0.15, 0.2) is 6.20 Å². The molecule has 0 radical (unpaired) electrons. The lowest BCUT2D eigenvalue weighted by atomic mass is 10.5. The highest BCUT2D eigenvalue weighted by molar-refractivity contribution is 7.91. The number of hydrogen-bond acceptors (Lipinski definition) is 6. The first-order valence-corrected chi connectivity index (χ1v) is 7.41. The first kappa shape index (κ1) is 13.6. The molecule has 0 saturated heterocycles. The Morgan fingerprint density at radius 1 is 1.65 bits per heavy atom. The first-order chi connectivity index (χ1) is 7.90. The van der Waals surface area contributed by atoms with Gasteiger partial charge in [0.05, 0.1) is 17.6 Å². The van der Waals surface area contributed by atoms with Gasteiger partial charge < -0.3 is 11.1 Å². The Bertz CT molecular complexity index is 566. The number of nitrogens with zero attached hydrogens (tertiary/aromatic N) is 1. The van der Waals surface area contributed by atoms with E-state index in [9.17, 15) is 13.2 Å². The number of anilines is 1. The van der Waals surface area contributed by atoms with Crippen molar-refractivity contribution < 1.29 is 13.2 Å². The van der Waals surface area contributed by atoms with Gasteiger partial charge in [-0.05, 0) is 0 Å². The Morgan fingerprint density at radius 3 is 2.94 bits per heavy atom. The van der Waals surface area contributed by atoms with Crippen LogP contribution >= 0.6 is 11.3 Å². The second-order valence-electron chi connectivity index (χ2n) is 3.15. The molecular formula is C9H11N3O3S2. The molecule has 92 valence electrons. The molecule has 1 heterocycles. The zero-order chi connectivity index (χ0) is 12.9. The third-order valence-electron chi connectivity index (χ3n) is 1.46. The van der Waals surface area contributed by atoms with E-state index in [-0.39, 0.29) is 6.54 Å². The lowest BCUT2D eigenvalue weighted by molar-refractivity contribution is -0.113. The summed E-state index contributed by atoms with van der Waals surface area (Å²) in [6, 6.07) is 0. The van der Waals surface area contributed by atoms with Crippen LogP contribution in [0.5, 0.6) is 0 Å². The number of aromatic nitrogens is 1. The summed E-state index contributed by atoms with van der Waals surface area (Å²) in [7, 11) is -3.33. The number of rotatable bonds is 3. The van der Waals surface area contributed by atoms with E-state index >= 15 is 0 Å². The lowest BCUT2D eigenvalue weighted by Crippen LogP contribution is -2.21. The number of carbonyl (C=O) groups is 1. The van der Waals surface area contributed by atoms with Crippen LogP contribution in [0.3, 0.4) is 0 Å². The van der Waals surface area contributed by atoms with E-state index < -0.39 is 21.5 Å². The lowest BCUT2D eigenvalue weighted by Gasteiger charge is -1.98. The summed E-state index contributed by atoms with van der Waals surface area (Å²) < 4.78 is 21.7. The predicted octanol–water partition coefficient (Wildman–Crippen LogP) is -0.564. The smallest absolute Gasteiger partial charge is 0.241 e. The number of nitrogens with one attached hydrogen (secondary N) is 1. The highest BCUT2D eigenvalue weighted by atomic mass is 32.2. The summed E-state index contributed by atoms with van der Waals surface area (Å²) in [5.74, 6) is 4.24. The number of thiazole rings is 1. The van der Waals surface area contributed by atoms with E-state index in [0.29, 0.717) is 10.0 Å². The number of nitrogens with two attached hydrogens (primary N) is 1. The Morgan fingerprint density at radius 2 is 2.35 bits per heavy atom. The van der Waals surface area contributed by atoms with Gasteiger partial charge in [0.15, 0.2) is 15.0 Å². The highest BCUT2D eigenvalue weighted by Crippen LogP contribution is 2.16. The van der Waals surface area contributed by atoms with Crippen LogP contribution in [0, 0.1) is 11.8 Å². The monoisotopic (exact) mass is 273 g/mol. The van der Waals surface area contributed by atoms with Crippen LogP contribution in [-0.2, 0) is 14.6 Å². The van der Waals surface area contributed by atoms with Crippen LogP contribution in [0.4, 0.5) is 5.13 Å². The molecule has 0 bridgehead atoms. The summed E-state index contributed by atoms with van der Waals surface area (Å²) in [6.07, 6.45) is 2.48. The number of sulfone groups is 1. The van der Waals surface area contributed by atoms with E-state index in [1.165, 1.54) is 6.20 Å². The molecular weight excluding hydrogens is 262 g/mol. The normalized spacial score (nSPS) is 10.5. The van der Waals surface area contributed by atoms with Crippen molar-refractivity contribution in [3.05, 3.63) is 11.1 Å². The van der Waals surface area contributed by atoms with Gasteiger partial charge in [0.25, 0.3) is 0 Å². The number of carbonyl (C=O) groups excluding carboxylic acids is 1. The van der Waals surface area contributed by atoms with E-state index in [1.807, 2.05) is 0 Å². The molecule has 8 heteroatoms. The van der Waals surface area contributed by atoms with Gasteiger partial charge in [0.1, 0.15) is 5.75 Å². The fourth-order valence-electron chi connectivity index (χ4n) is 0.921. The third kappa shape index (κ3) is 5.44. The van der Waals surface area contributed by atoms with E-state index in [2.05, 4.69) is 22.1 Å². The average molecular weight is 273 g/mol. The minimum atomic E-state index is -3.33. The summed E-state index contributed by atoms with van der Waals surface area (Å²) in [5, 5.41) is 2.70. The van der Waals surface area contributed by atoms with Crippen molar-refractivity contribution in [1.29, 1.82) is 0 Å². The maximum atomic E-state index is 11.3. The van der Waals surface area contributed by atoms with Crippen molar-refractivity contribution in [3.63, 3.8) is 0 Å². The largest absolute Gasteiger partial charge is 0.320 e. The summed E-state index contributed by atoms with van der Waals surface area (Å²) in [6.45, 7) is 0.244. The van der Waals surface area contributed by atoms with Crippen molar-refractivity contribution in [3.8, 4) is 11.8 Å². The quantitative estimate of drug-likeness (QED) is 0.718. The van der Waals surface area contributed by atoms with E-state index in [0.717, 1.165) is 17.6 Å². The topological polar surface area (TPSA) is 102 Å². The van der Waals surface area contributed by atoms with Gasteiger partial charge in [-0.3, -0.25) is 4.79 Å². The number of hydrogen-bond donors (Lipinski definition) is 2. The summed E-state index contributed by atoms with van der Waals surface area (Å²) >= 11 is 1.16. The van der Waals surface area contributed by atoms with Gasteiger partial charge in [-0.2, -0.15) is 0 Å². The van der Waals surface area contributed by atoms with Gasteiger partial charge in [0.2, 0.25) is 5.91 Å². The SMILES string of the molecule is CS(=O)(=O)CC(=O)Nc1ncc(C#CCN)s1. The second-order valence-corrected chi connectivity index (χ2v) is 6.32. The molecule has 0 aliphatic heterocycles. The molecule has 6 nitrogen and oxygen atoms in total. The third-order valence-corrected chi connectivity index (χ3v) is 3.07. The maximum Gasteiger partial charge on any atom is 0.241 e. The summed E-state index contributed by atoms with van der Waals surface area (Å²) in [5.41, 5.74) is 5.21. The van der Waals surface area contributed by atoms with Crippen molar-refractivity contribution in [2.45, 2.75) is 0 Å². The molecule has 0 aliphatic carbocycles. The van der Waals surface area contributed by atoms with Gasteiger partial charge in [-0.25, -0.2) is 13.4 Å². The Balaban J connectivity index is 2.64. The Kier molecular flexibility index (Phi) is 4.62. The van der Waals surface area contributed by atoms with Crippen molar-refractivity contribution >= 4 is 32.2 Å². The molecule has 0 aromatic carbocycles. The standard InChI is InChI=1S/C9H11N3O3S2/c1-17(14,15)6-8(13)12-9-11-5-7(16-9)3-2-4-10/h5H,4,6,10H2,1H3,(H,11,12,13). The Labute approximate surface area is 103 Å². The van der Waals surface area contributed by atoms with Crippen LogP contribution in [-0.4, -0.2) is 37.9 Å². The molecule has 3 N–H and O–H groups in total. The molecule has 0 aliphatic rings. The summed E-state index contributed by atoms with van der Waals surface area (Å²) in [4.78, 5) is 15.8. The Hall–Kier alpha value is -1.43. The molecule has 0 unspecified atom stereocenters. The molecule has 1 rings (SSSR count). The highest BCUT2D eigenvalue weighted by Gasteiger charge is 2.12. The van der Waals surface area contributed by atoms with Gasteiger partial charge in [-0.15, -0.1) is 0 Å². The van der Waals surface area contributed by atoms with Gasteiger partial charge in [0, 0.05) is 6.26 Å². The fourth-order valence-corrected chi connectivity index (χ4v) is 2.18. The molecule has 1 amide bonds. The molecule has 0 fully saturated rings. The first-order valence-electron chi connectivity index (χ1n) is 4.53. The zero-order valence-corrected chi connectivity index (χ0v) is 10.7. The maximum absolute atomic E-state index is 11.3. The van der Waals surface area contributed by atoms with E-state index in [1.54, 1.807) is 0 Å². The average Bonchev–Trinajstić information content (AvgIpc) is 2.59. The fraction of sp³-hybridized carbons (Fsp3) is 0.333. The van der Waals surface area contributed by atoms with Crippen LogP contribution in [0.2, 0.25) is 0 Å². The predicted molar refractivity (Wildman–Crippen MR) is 66.4 cm³/mol. The number of amides is 1. The van der Waals surface area contributed by atoms with Crippen LogP contribution < -0.4 is 11.1 Å². The second kappa shape index (κ2) is 5.77. The molecule has 1 aromatic rings. The molecule has 0 saturated carbocycles. The van der Waals surface area contributed by atoms with Crippen molar-refractivity contribution in [1.82, 2.24) is 4.98 Å². The van der Waals surface area contributed by atoms with Crippen molar-refractivity contribution in [2.75, 3.05) is 23.9 Å². The molecule has 0 atom stereocenters. The molecule has 0 spiro atoms. The molecule has 1 aromatic heterocycles. The van der Waals surface area contributed by atoms with Crippen molar-refractivity contribution in [2.24, 2.45) is 5.73 Å². The minimum absolute atomic E-state index is 0.244. The van der Waals surface area contributed by atoms with Crippen LogP contribution in [0.1, 0.15) is 4.88 Å². The van der Waals surface area contributed by atoms with E-state index in [4.69, 9.17) is 5.73 Å². The van der Waals surface area contributed by atoms with Gasteiger partial charge >= 0.3 is 0 Å². The zero-order valence-electron chi connectivity index (χ0n) is 9.06. The molecule has 17 heavy (non-hydrogen) atoms.